The molecular formula is C12H16N2O2. The molecule has 0 radical (unpaired) electrons. The molecule has 4 heteroatoms. The summed E-state index contributed by atoms with van der Waals surface area (Å²) >= 11 is 0. The molecule has 0 bridgehead atoms. The lowest BCUT2D eigenvalue weighted by Gasteiger charge is -2.12. The van der Waals surface area contributed by atoms with Gasteiger partial charge in [-0.1, -0.05) is 6.92 Å². The van der Waals surface area contributed by atoms with Gasteiger partial charge in [0.05, 0.1) is 17.4 Å². The van der Waals surface area contributed by atoms with Crippen LogP contribution in [0.3, 0.4) is 0 Å². The first kappa shape index (κ1) is 10.9. The fraction of sp³-hybridized carbons (Fsp3) is 0.500. The van der Waals surface area contributed by atoms with Crippen molar-refractivity contribution < 1.29 is 9.53 Å². The van der Waals surface area contributed by atoms with Gasteiger partial charge >= 0.3 is 0 Å². The summed E-state index contributed by atoms with van der Waals surface area (Å²) < 4.78 is 5.78. The predicted octanol–water partition coefficient (Wildman–Crippen LogP) is 1.54. The van der Waals surface area contributed by atoms with E-state index in [1.165, 1.54) is 0 Å². The van der Waals surface area contributed by atoms with Crippen molar-refractivity contribution in [3.8, 4) is 5.75 Å². The van der Waals surface area contributed by atoms with Crippen LogP contribution in [0.25, 0.3) is 0 Å². The van der Waals surface area contributed by atoms with Gasteiger partial charge in [0.1, 0.15) is 0 Å². The van der Waals surface area contributed by atoms with E-state index in [0.717, 1.165) is 25.0 Å². The van der Waals surface area contributed by atoms with E-state index in [4.69, 9.17) is 4.74 Å². The number of hydrogen-bond donors (Lipinski definition) is 1. The number of aromatic nitrogens is 1. The van der Waals surface area contributed by atoms with Crippen molar-refractivity contribution in [3.63, 3.8) is 0 Å². The second-order valence-corrected chi connectivity index (χ2v) is 3.88. The normalized spacial score (nSPS) is 14.6. The third-order valence-electron chi connectivity index (χ3n) is 2.59. The summed E-state index contributed by atoms with van der Waals surface area (Å²) in [7, 11) is 1.62. The van der Waals surface area contributed by atoms with Crippen molar-refractivity contribution in [2.24, 2.45) is 0 Å². The van der Waals surface area contributed by atoms with Crippen LogP contribution in [0.5, 0.6) is 5.75 Å². The lowest BCUT2D eigenvalue weighted by Crippen LogP contribution is -2.20. The number of aryl methyl sites for hydroxylation is 1. The van der Waals surface area contributed by atoms with Crippen molar-refractivity contribution in [1.29, 1.82) is 0 Å². The molecule has 16 heavy (non-hydrogen) atoms. The molecule has 1 heterocycles. The molecule has 1 aliphatic rings. The average molecular weight is 220 g/mol. The van der Waals surface area contributed by atoms with E-state index in [1.54, 1.807) is 19.3 Å². The lowest BCUT2D eigenvalue weighted by molar-refractivity contribution is 0.0958. The van der Waals surface area contributed by atoms with Gasteiger partial charge in [0, 0.05) is 13.2 Å². The minimum Gasteiger partial charge on any atom is -0.488 e. The molecule has 0 atom stereocenters. The van der Waals surface area contributed by atoms with E-state index >= 15 is 0 Å². The van der Waals surface area contributed by atoms with Crippen LogP contribution in [0.15, 0.2) is 12.3 Å². The van der Waals surface area contributed by atoms with Crippen LogP contribution in [0.4, 0.5) is 0 Å². The zero-order chi connectivity index (χ0) is 11.5. The van der Waals surface area contributed by atoms with E-state index in [2.05, 4.69) is 10.3 Å². The largest absolute Gasteiger partial charge is 0.488 e. The van der Waals surface area contributed by atoms with E-state index < -0.39 is 0 Å². The summed E-state index contributed by atoms with van der Waals surface area (Å²) in [4.78, 5) is 15.9. The van der Waals surface area contributed by atoms with Gasteiger partial charge in [0.25, 0.3) is 5.91 Å². The Morgan fingerprint density at radius 3 is 2.94 bits per heavy atom. The molecule has 1 amide bonds. The van der Waals surface area contributed by atoms with Gasteiger partial charge in [0.2, 0.25) is 0 Å². The zero-order valence-corrected chi connectivity index (χ0v) is 9.62. The molecule has 1 aromatic heterocycles. The van der Waals surface area contributed by atoms with Crippen molar-refractivity contribution in [2.45, 2.75) is 32.3 Å². The number of ether oxygens (including phenoxy) is 1. The quantitative estimate of drug-likeness (QED) is 0.837. The second-order valence-electron chi connectivity index (χ2n) is 3.88. The Morgan fingerprint density at radius 1 is 1.62 bits per heavy atom. The Bertz CT molecular complexity index is 400. The third-order valence-corrected chi connectivity index (χ3v) is 2.59. The minimum atomic E-state index is -0.118. The number of nitrogens with one attached hydrogen (secondary N) is 1. The number of amides is 1. The Balaban J connectivity index is 2.36. The van der Waals surface area contributed by atoms with Crippen molar-refractivity contribution >= 4 is 5.91 Å². The smallest absolute Gasteiger partial charge is 0.254 e. The van der Waals surface area contributed by atoms with Gasteiger partial charge in [0.15, 0.2) is 5.75 Å². The van der Waals surface area contributed by atoms with E-state index in [-0.39, 0.29) is 12.0 Å². The molecule has 0 spiro atoms. The number of hydrogen-bond acceptors (Lipinski definition) is 3. The molecule has 1 aromatic rings. The van der Waals surface area contributed by atoms with Gasteiger partial charge in [-0.15, -0.1) is 0 Å². The number of carbonyl (C=O) groups is 1. The Labute approximate surface area is 95.0 Å². The summed E-state index contributed by atoms with van der Waals surface area (Å²) in [6.07, 6.45) is 4.85. The molecule has 0 aliphatic heterocycles. The van der Waals surface area contributed by atoms with Crippen LogP contribution in [-0.4, -0.2) is 24.0 Å². The summed E-state index contributed by atoms with van der Waals surface area (Å²) in [5, 5.41) is 2.62. The highest BCUT2D eigenvalue weighted by Gasteiger charge is 2.27. The van der Waals surface area contributed by atoms with Gasteiger partial charge in [-0.05, 0) is 25.3 Å². The van der Waals surface area contributed by atoms with Crippen LogP contribution in [0.1, 0.15) is 35.8 Å². The minimum absolute atomic E-state index is 0.118. The van der Waals surface area contributed by atoms with Crippen molar-refractivity contribution in [2.75, 3.05) is 7.05 Å². The highest BCUT2D eigenvalue weighted by atomic mass is 16.5. The molecule has 0 saturated heterocycles. The topological polar surface area (TPSA) is 51.2 Å². The molecule has 4 nitrogen and oxygen atoms in total. The monoisotopic (exact) mass is 220 g/mol. The Morgan fingerprint density at radius 2 is 2.38 bits per heavy atom. The van der Waals surface area contributed by atoms with Crippen LogP contribution >= 0.6 is 0 Å². The van der Waals surface area contributed by atoms with E-state index in [1.807, 2.05) is 6.92 Å². The molecule has 2 rings (SSSR count). The van der Waals surface area contributed by atoms with Crippen LogP contribution in [0.2, 0.25) is 0 Å². The van der Waals surface area contributed by atoms with Gasteiger partial charge in [-0.25, -0.2) is 0 Å². The molecule has 86 valence electrons. The molecule has 1 aliphatic carbocycles. The van der Waals surface area contributed by atoms with Crippen LogP contribution < -0.4 is 10.1 Å². The fourth-order valence-electron chi connectivity index (χ4n) is 1.54. The maximum atomic E-state index is 11.7. The highest BCUT2D eigenvalue weighted by Crippen LogP contribution is 2.31. The number of carbonyl (C=O) groups excluding carboxylic acids is 1. The maximum Gasteiger partial charge on any atom is 0.254 e. The standard InChI is InChI=1S/C12H16N2O2/c1-3-10-11(16-8-4-5-8)9(6-7-14-10)12(15)13-2/h6-8H,3-5H2,1-2H3,(H,13,15). The van der Waals surface area contributed by atoms with Crippen LogP contribution in [-0.2, 0) is 6.42 Å². The number of nitrogens with zero attached hydrogens (tertiary/aromatic N) is 1. The number of pyridine rings is 1. The van der Waals surface area contributed by atoms with Gasteiger partial charge in [-0.2, -0.15) is 0 Å². The maximum absolute atomic E-state index is 11.7. The van der Waals surface area contributed by atoms with E-state index in [0.29, 0.717) is 11.3 Å². The van der Waals surface area contributed by atoms with E-state index in [9.17, 15) is 4.79 Å². The predicted molar refractivity (Wildman–Crippen MR) is 60.7 cm³/mol. The zero-order valence-electron chi connectivity index (χ0n) is 9.62. The molecule has 1 fully saturated rings. The third kappa shape index (κ3) is 2.15. The van der Waals surface area contributed by atoms with Crippen molar-refractivity contribution in [3.05, 3.63) is 23.5 Å². The lowest BCUT2D eigenvalue weighted by atomic mass is 10.1. The SMILES string of the molecule is CCc1nccc(C(=O)NC)c1OC1CC1. The highest BCUT2D eigenvalue weighted by molar-refractivity contribution is 5.96. The molecule has 0 unspecified atom stereocenters. The first-order valence-corrected chi connectivity index (χ1v) is 5.62. The molecule has 0 aromatic carbocycles. The van der Waals surface area contributed by atoms with Gasteiger partial charge < -0.3 is 10.1 Å². The fourth-order valence-corrected chi connectivity index (χ4v) is 1.54. The molecular weight excluding hydrogens is 204 g/mol. The summed E-state index contributed by atoms with van der Waals surface area (Å²) in [6, 6.07) is 1.70. The molecule has 1 saturated carbocycles. The second kappa shape index (κ2) is 4.51. The summed E-state index contributed by atoms with van der Waals surface area (Å²) in [5.74, 6) is 0.541. The average Bonchev–Trinajstić information content (AvgIpc) is 3.12. The Hall–Kier alpha value is -1.58. The first-order chi connectivity index (χ1) is 7.76. The van der Waals surface area contributed by atoms with Crippen LogP contribution in [0, 0.1) is 0 Å². The number of rotatable bonds is 4. The first-order valence-electron chi connectivity index (χ1n) is 5.62. The summed E-state index contributed by atoms with van der Waals surface area (Å²) in [5.41, 5.74) is 1.44. The summed E-state index contributed by atoms with van der Waals surface area (Å²) in [6.45, 7) is 2.01. The molecule has 1 N–H and O–H groups in total. The Kier molecular flexibility index (Phi) is 3.08. The van der Waals surface area contributed by atoms with Crippen molar-refractivity contribution in [1.82, 2.24) is 10.3 Å². The van der Waals surface area contributed by atoms with Gasteiger partial charge in [-0.3, -0.25) is 9.78 Å².